The van der Waals surface area contributed by atoms with Crippen molar-refractivity contribution in [3.05, 3.63) is 12.3 Å². The molecule has 50 valence electrons. The van der Waals surface area contributed by atoms with E-state index < -0.39 is 0 Å². The fourth-order valence-corrected chi connectivity index (χ4v) is 1.11. The largest absolute Gasteiger partial charge is 0.207 e. The molecule has 1 heteroatoms. The zero-order valence-electron chi connectivity index (χ0n) is 6.39. The maximum atomic E-state index is 2.28. The predicted molar refractivity (Wildman–Crippen MR) is 39.8 cm³/mol. The quantitative estimate of drug-likeness (QED) is 0.467. The molecule has 0 aromatic carbocycles. The molecule has 0 N–H and O–H groups in total. The molecule has 0 amide bonds. The molecule has 1 nitrogen and oxygen atoms in total. The maximum Gasteiger partial charge on any atom is 0.165 e. The molecule has 0 aromatic rings. The van der Waals surface area contributed by atoms with E-state index >= 15 is 0 Å². The van der Waals surface area contributed by atoms with Gasteiger partial charge in [-0.15, -0.1) is 0 Å². The van der Waals surface area contributed by atoms with Gasteiger partial charge in [-0.2, -0.15) is 0 Å². The van der Waals surface area contributed by atoms with Crippen molar-refractivity contribution in [1.29, 1.82) is 0 Å². The molecule has 1 heterocycles. The van der Waals surface area contributed by atoms with Crippen LogP contribution in [0.25, 0.3) is 0 Å². The van der Waals surface area contributed by atoms with Crippen LogP contribution in [0.4, 0.5) is 0 Å². The monoisotopic (exact) mass is 124 g/mol. The van der Waals surface area contributed by atoms with Crippen LogP contribution >= 0.6 is 0 Å². The van der Waals surface area contributed by atoms with Crippen molar-refractivity contribution in [3.63, 3.8) is 0 Å². The van der Waals surface area contributed by atoms with E-state index in [2.05, 4.69) is 37.6 Å². The van der Waals surface area contributed by atoms with E-state index in [-0.39, 0.29) is 0 Å². The molecule has 0 fully saturated rings. The first-order chi connectivity index (χ1) is 4.25. The summed E-state index contributed by atoms with van der Waals surface area (Å²) in [5, 5.41) is 0. The Balaban J connectivity index is 2.79. The topological polar surface area (TPSA) is 3.01 Å². The lowest BCUT2D eigenvalue weighted by molar-refractivity contribution is -0.450. The van der Waals surface area contributed by atoms with Crippen LogP contribution in [0.3, 0.4) is 0 Å². The third-order valence-electron chi connectivity index (χ3n) is 2.01. The van der Waals surface area contributed by atoms with Gasteiger partial charge in [-0.05, 0) is 19.9 Å². The summed E-state index contributed by atoms with van der Waals surface area (Å²) in [4.78, 5) is 0. The van der Waals surface area contributed by atoms with E-state index in [1.807, 2.05) is 0 Å². The van der Waals surface area contributed by atoms with Gasteiger partial charge in [0.15, 0.2) is 11.9 Å². The molecule has 0 aromatic heterocycles. The van der Waals surface area contributed by atoms with Crippen LogP contribution in [-0.2, 0) is 0 Å². The van der Waals surface area contributed by atoms with Gasteiger partial charge in [0, 0.05) is 6.92 Å². The molecule has 1 aliphatic heterocycles. The van der Waals surface area contributed by atoms with Crippen LogP contribution in [-0.4, -0.2) is 16.8 Å². The molecule has 9 heavy (non-hydrogen) atoms. The first-order valence-corrected chi connectivity index (χ1v) is 3.54. The van der Waals surface area contributed by atoms with Gasteiger partial charge in [0.05, 0.1) is 5.92 Å². The lowest BCUT2D eigenvalue weighted by Crippen LogP contribution is -2.12. The number of rotatable bonds is 1. The molecule has 0 saturated carbocycles. The molecule has 0 spiro atoms. The van der Waals surface area contributed by atoms with E-state index in [0.29, 0.717) is 5.92 Å². The van der Waals surface area contributed by atoms with E-state index in [1.54, 1.807) is 0 Å². The van der Waals surface area contributed by atoms with Crippen molar-refractivity contribution < 1.29 is 4.58 Å². The van der Waals surface area contributed by atoms with Crippen molar-refractivity contribution in [2.45, 2.75) is 20.8 Å². The highest BCUT2D eigenvalue weighted by atomic mass is 15.0. The predicted octanol–water partition coefficient (Wildman–Crippen LogP) is 1.64. The fraction of sp³-hybridized carbons (Fsp3) is 0.625. The number of allylic oxidation sites excluding steroid dienone is 1. The van der Waals surface area contributed by atoms with E-state index in [0.717, 1.165) is 6.54 Å². The van der Waals surface area contributed by atoms with Crippen molar-refractivity contribution >= 4 is 5.71 Å². The summed E-state index contributed by atoms with van der Waals surface area (Å²) in [6, 6.07) is 0. The Hall–Kier alpha value is -0.590. The first-order valence-electron chi connectivity index (χ1n) is 3.54. The van der Waals surface area contributed by atoms with Gasteiger partial charge in [0.1, 0.15) is 6.54 Å². The highest BCUT2D eigenvalue weighted by molar-refractivity contribution is 5.82. The molecule has 0 saturated heterocycles. The molecule has 1 aliphatic rings. The van der Waals surface area contributed by atoms with Crippen molar-refractivity contribution in [2.75, 3.05) is 6.54 Å². The molecular weight excluding hydrogens is 110 g/mol. The van der Waals surface area contributed by atoms with Crippen molar-refractivity contribution in [1.82, 2.24) is 0 Å². The lowest BCUT2D eigenvalue weighted by Gasteiger charge is -1.94. The maximum absolute atomic E-state index is 2.28. The minimum atomic E-state index is 0.657. The normalized spacial score (nSPS) is 25.9. The van der Waals surface area contributed by atoms with Gasteiger partial charge >= 0.3 is 0 Å². The first kappa shape index (κ1) is 6.53. The van der Waals surface area contributed by atoms with E-state index in [4.69, 9.17) is 0 Å². The molecular formula is C8H14N+. The summed E-state index contributed by atoms with van der Waals surface area (Å²) >= 11 is 0. The summed E-state index contributed by atoms with van der Waals surface area (Å²) in [6.45, 7) is 7.69. The highest BCUT2D eigenvalue weighted by Gasteiger charge is 2.17. The second-order valence-electron chi connectivity index (χ2n) is 2.56. The third kappa shape index (κ3) is 1.04. The standard InChI is InChI=1S/C8H14N/c1-4-9-6-5-7(2)8(9)3/h5-7H,4H2,1-3H3/q+1. The Bertz CT molecular complexity index is 165. The summed E-state index contributed by atoms with van der Waals surface area (Å²) in [7, 11) is 0. The average molecular weight is 124 g/mol. The van der Waals surface area contributed by atoms with Crippen LogP contribution in [0.1, 0.15) is 20.8 Å². The Kier molecular flexibility index (Phi) is 1.70. The van der Waals surface area contributed by atoms with Gasteiger partial charge in [0.25, 0.3) is 0 Å². The number of nitrogens with zero attached hydrogens (tertiary/aromatic N) is 1. The molecule has 1 atom stereocenters. The summed E-state index contributed by atoms with van der Waals surface area (Å²) in [5.41, 5.74) is 1.47. The second-order valence-corrected chi connectivity index (χ2v) is 2.56. The Morgan fingerprint density at radius 2 is 2.33 bits per heavy atom. The minimum absolute atomic E-state index is 0.657. The summed E-state index contributed by atoms with van der Waals surface area (Å²) in [5.74, 6) is 0.657. The molecule has 1 unspecified atom stereocenters. The van der Waals surface area contributed by atoms with Gasteiger partial charge in [-0.3, -0.25) is 0 Å². The molecule has 0 radical (unpaired) electrons. The lowest BCUT2D eigenvalue weighted by atomic mass is 10.1. The van der Waals surface area contributed by atoms with Crippen molar-refractivity contribution in [3.8, 4) is 0 Å². The van der Waals surface area contributed by atoms with Crippen LogP contribution in [0, 0.1) is 5.92 Å². The highest BCUT2D eigenvalue weighted by Crippen LogP contribution is 2.07. The Morgan fingerprint density at radius 3 is 2.56 bits per heavy atom. The molecule has 0 bridgehead atoms. The van der Waals surface area contributed by atoms with Crippen LogP contribution in [0.15, 0.2) is 12.3 Å². The third-order valence-corrected chi connectivity index (χ3v) is 2.01. The van der Waals surface area contributed by atoms with E-state index in [9.17, 15) is 0 Å². The second kappa shape index (κ2) is 2.34. The number of hydrogen-bond acceptors (Lipinski definition) is 0. The van der Waals surface area contributed by atoms with E-state index in [1.165, 1.54) is 5.71 Å². The SMILES string of the molecule is CC[N+]1=C(C)C(C)C=C1. The van der Waals surface area contributed by atoms with Crippen LogP contribution in [0.2, 0.25) is 0 Å². The Morgan fingerprint density at radius 1 is 1.67 bits per heavy atom. The summed E-state index contributed by atoms with van der Waals surface area (Å²) < 4.78 is 2.28. The van der Waals surface area contributed by atoms with Crippen LogP contribution < -0.4 is 0 Å². The van der Waals surface area contributed by atoms with Gasteiger partial charge in [0.2, 0.25) is 0 Å². The van der Waals surface area contributed by atoms with Gasteiger partial charge in [-0.1, -0.05) is 0 Å². The zero-order chi connectivity index (χ0) is 6.85. The molecule has 1 rings (SSSR count). The number of hydrogen-bond donors (Lipinski definition) is 0. The van der Waals surface area contributed by atoms with Gasteiger partial charge < -0.3 is 0 Å². The zero-order valence-corrected chi connectivity index (χ0v) is 6.39. The van der Waals surface area contributed by atoms with Crippen LogP contribution in [0.5, 0.6) is 0 Å². The minimum Gasteiger partial charge on any atom is -0.207 e. The average Bonchev–Trinajstić information content (AvgIpc) is 2.15. The van der Waals surface area contributed by atoms with Gasteiger partial charge in [-0.25, -0.2) is 4.58 Å². The summed E-state index contributed by atoms with van der Waals surface area (Å²) in [6.07, 6.45) is 4.40. The van der Waals surface area contributed by atoms with Crippen molar-refractivity contribution in [2.24, 2.45) is 5.92 Å². The molecule has 0 aliphatic carbocycles. The smallest absolute Gasteiger partial charge is 0.165 e. The fourth-order valence-electron chi connectivity index (χ4n) is 1.11. The Labute approximate surface area is 56.7 Å².